The molecule has 0 unspecified atom stereocenters. The Hall–Kier alpha value is -3.12. The van der Waals surface area contributed by atoms with Crippen LogP contribution in [0.1, 0.15) is 19.3 Å². The molecule has 6 nitrogen and oxygen atoms in total. The second-order valence-corrected chi connectivity index (χ2v) is 7.64. The van der Waals surface area contributed by atoms with Crippen LogP contribution in [0.3, 0.4) is 0 Å². The van der Waals surface area contributed by atoms with E-state index in [-0.39, 0.29) is 12.5 Å². The van der Waals surface area contributed by atoms with Crippen LogP contribution >= 0.6 is 11.6 Å². The molecule has 0 radical (unpaired) electrons. The number of piperidine rings is 1. The Labute approximate surface area is 180 Å². The lowest BCUT2D eigenvalue weighted by Gasteiger charge is -2.27. The standard InChI is InChI=1S/C23H23ClN4O2/c24-18-7-5-9-20(15-18)30-16-23(29)25-19-8-4-6-17(14-19)21-10-11-22(27-26-21)28-12-2-1-3-13-28/h4-11,14-15H,1-3,12-13,16H2,(H,25,29). The normalized spacial score (nSPS) is 13.7. The van der Waals surface area contributed by atoms with Gasteiger partial charge in [0.05, 0.1) is 5.69 Å². The van der Waals surface area contributed by atoms with Crippen LogP contribution in [0.25, 0.3) is 11.3 Å². The van der Waals surface area contributed by atoms with Crippen LogP contribution in [0.15, 0.2) is 60.7 Å². The summed E-state index contributed by atoms with van der Waals surface area (Å²) in [7, 11) is 0. The van der Waals surface area contributed by atoms with E-state index in [0.717, 1.165) is 30.2 Å². The first-order chi connectivity index (χ1) is 14.7. The summed E-state index contributed by atoms with van der Waals surface area (Å²) in [6.07, 6.45) is 3.68. The first kappa shape index (κ1) is 20.2. The Morgan fingerprint density at radius 1 is 1.00 bits per heavy atom. The molecule has 154 valence electrons. The zero-order valence-corrected chi connectivity index (χ0v) is 17.3. The summed E-state index contributed by atoms with van der Waals surface area (Å²) in [5.74, 6) is 1.22. The quantitative estimate of drug-likeness (QED) is 0.617. The highest BCUT2D eigenvalue weighted by molar-refractivity contribution is 6.30. The van der Waals surface area contributed by atoms with Crippen LogP contribution in [-0.4, -0.2) is 35.8 Å². The molecule has 1 aliphatic rings. The molecule has 1 N–H and O–H groups in total. The van der Waals surface area contributed by atoms with E-state index in [1.165, 1.54) is 19.3 Å². The minimum atomic E-state index is -0.251. The first-order valence-electron chi connectivity index (χ1n) is 10.0. The molecular weight excluding hydrogens is 400 g/mol. The fraction of sp³-hybridized carbons (Fsp3) is 0.261. The Morgan fingerprint density at radius 2 is 1.83 bits per heavy atom. The largest absolute Gasteiger partial charge is 0.484 e. The number of halogens is 1. The van der Waals surface area contributed by atoms with Crippen LogP contribution in [-0.2, 0) is 4.79 Å². The molecule has 1 saturated heterocycles. The zero-order chi connectivity index (χ0) is 20.8. The second-order valence-electron chi connectivity index (χ2n) is 7.20. The maximum Gasteiger partial charge on any atom is 0.262 e. The third-order valence-corrected chi connectivity index (χ3v) is 5.17. The van der Waals surface area contributed by atoms with Gasteiger partial charge >= 0.3 is 0 Å². The van der Waals surface area contributed by atoms with Gasteiger partial charge in [0.25, 0.3) is 5.91 Å². The van der Waals surface area contributed by atoms with Gasteiger partial charge in [0.1, 0.15) is 5.75 Å². The van der Waals surface area contributed by atoms with Crippen LogP contribution in [0.5, 0.6) is 5.75 Å². The molecule has 0 saturated carbocycles. The molecule has 4 rings (SSSR count). The number of carbonyl (C=O) groups is 1. The van der Waals surface area contributed by atoms with E-state index in [1.54, 1.807) is 24.3 Å². The molecular formula is C23H23ClN4O2. The third kappa shape index (κ3) is 5.27. The minimum absolute atomic E-state index is 0.102. The maximum absolute atomic E-state index is 12.2. The number of anilines is 2. The topological polar surface area (TPSA) is 67.3 Å². The summed E-state index contributed by atoms with van der Waals surface area (Å²) in [6, 6.07) is 18.5. The molecule has 0 bridgehead atoms. The van der Waals surface area contributed by atoms with Gasteiger partial charge in [-0.25, -0.2) is 0 Å². The minimum Gasteiger partial charge on any atom is -0.484 e. The highest BCUT2D eigenvalue weighted by Gasteiger charge is 2.13. The van der Waals surface area contributed by atoms with Gasteiger partial charge in [0, 0.05) is 29.4 Å². The number of nitrogens with one attached hydrogen (secondary N) is 1. The Bertz CT molecular complexity index is 1000. The van der Waals surface area contributed by atoms with Gasteiger partial charge < -0.3 is 15.0 Å². The van der Waals surface area contributed by atoms with Crippen LogP contribution in [0, 0.1) is 0 Å². The van der Waals surface area contributed by atoms with Crippen molar-refractivity contribution >= 4 is 29.0 Å². The van der Waals surface area contributed by atoms with Crippen molar-refractivity contribution < 1.29 is 9.53 Å². The van der Waals surface area contributed by atoms with E-state index in [4.69, 9.17) is 16.3 Å². The molecule has 1 aliphatic heterocycles. The lowest BCUT2D eigenvalue weighted by molar-refractivity contribution is -0.118. The van der Waals surface area contributed by atoms with Crippen molar-refractivity contribution in [3.05, 3.63) is 65.7 Å². The number of hydrogen-bond donors (Lipinski definition) is 1. The van der Waals surface area contributed by atoms with Gasteiger partial charge in [-0.2, -0.15) is 0 Å². The predicted octanol–water partition coefficient (Wildman–Crippen LogP) is 4.80. The SMILES string of the molecule is O=C(COc1cccc(Cl)c1)Nc1cccc(-c2ccc(N3CCCCC3)nn2)c1. The smallest absolute Gasteiger partial charge is 0.262 e. The van der Waals surface area contributed by atoms with Crippen molar-refractivity contribution in [2.45, 2.75) is 19.3 Å². The van der Waals surface area contributed by atoms with Crippen molar-refractivity contribution in [1.82, 2.24) is 10.2 Å². The predicted molar refractivity (Wildman–Crippen MR) is 119 cm³/mol. The summed E-state index contributed by atoms with van der Waals surface area (Å²) in [5.41, 5.74) is 2.33. The highest BCUT2D eigenvalue weighted by Crippen LogP contribution is 2.23. The summed E-state index contributed by atoms with van der Waals surface area (Å²) in [4.78, 5) is 14.5. The van der Waals surface area contributed by atoms with Crippen molar-refractivity contribution in [1.29, 1.82) is 0 Å². The van der Waals surface area contributed by atoms with Crippen molar-refractivity contribution in [2.24, 2.45) is 0 Å². The molecule has 1 aromatic heterocycles. The number of amides is 1. The molecule has 3 aromatic rings. The monoisotopic (exact) mass is 422 g/mol. The number of hydrogen-bond acceptors (Lipinski definition) is 5. The van der Waals surface area contributed by atoms with E-state index in [9.17, 15) is 4.79 Å². The molecule has 0 aliphatic carbocycles. The fourth-order valence-corrected chi connectivity index (χ4v) is 3.61. The summed E-state index contributed by atoms with van der Waals surface area (Å²) >= 11 is 5.93. The lowest BCUT2D eigenvalue weighted by Crippen LogP contribution is -2.30. The maximum atomic E-state index is 12.2. The molecule has 0 spiro atoms. The number of ether oxygens (including phenoxy) is 1. The molecule has 2 aromatic carbocycles. The third-order valence-electron chi connectivity index (χ3n) is 4.94. The van der Waals surface area contributed by atoms with Crippen LogP contribution < -0.4 is 15.0 Å². The molecule has 1 fully saturated rings. The number of aromatic nitrogens is 2. The highest BCUT2D eigenvalue weighted by atomic mass is 35.5. The van der Waals surface area contributed by atoms with E-state index in [0.29, 0.717) is 16.5 Å². The number of carbonyl (C=O) groups excluding carboxylic acids is 1. The van der Waals surface area contributed by atoms with Gasteiger partial charge in [-0.05, 0) is 61.7 Å². The average Bonchev–Trinajstić information content (AvgIpc) is 2.79. The van der Waals surface area contributed by atoms with Crippen LogP contribution in [0.2, 0.25) is 5.02 Å². The van der Waals surface area contributed by atoms with Crippen LogP contribution in [0.4, 0.5) is 11.5 Å². The lowest BCUT2D eigenvalue weighted by atomic mass is 10.1. The van der Waals surface area contributed by atoms with Gasteiger partial charge in [-0.1, -0.05) is 29.8 Å². The van der Waals surface area contributed by atoms with Crippen molar-refractivity contribution in [2.75, 3.05) is 29.9 Å². The summed E-state index contributed by atoms with van der Waals surface area (Å²) < 4.78 is 5.48. The van der Waals surface area contributed by atoms with E-state index in [2.05, 4.69) is 20.4 Å². The van der Waals surface area contributed by atoms with Gasteiger partial charge in [0.2, 0.25) is 0 Å². The van der Waals surface area contributed by atoms with E-state index in [1.807, 2.05) is 36.4 Å². The van der Waals surface area contributed by atoms with Crippen molar-refractivity contribution in [3.63, 3.8) is 0 Å². The summed E-state index contributed by atoms with van der Waals surface area (Å²) in [5, 5.41) is 12.2. The van der Waals surface area contributed by atoms with Gasteiger partial charge in [0.15, 0.2) is 12.4 Å². The molecule has 7 heteroatoms. The van der Waals surface area contributed by atoms with Gasteiger partial charge in [-0.15, -0.1) is 10.2 Å². The van der Waals surface area contributed by atoms with E-state index >= 15 is 0 Å². The average molecular weight is 423 g/mol. The molecule has 1 amide bonds. The first-order valence-corrected chi connectivity index (χ1v) is 10.4. The van der Waals surface area contributed by atoms with E-state index < -0.39 is 0 Å². The second kappa shape index (κ2) is 9.59. The Kier molecular flexibility index (Phi) is 6.44. The molecule has 0 atom stereocenters. The Balaban J connectivity index is 1.37. The summed E-state index contributed by atoms with van der Waals surface area (Å²) in [6.45, 7) is 1.97. The van der Waals surface area contributed by atoms with Gasteiger partial charge in [-0.3, -0.25) is 4.79 Å². The molecule has 2 heterocycles. The number of benzene rings is 2. The number of rotatable bonds is 6. The van der Waals surface area contributed by atoms with Crippen molar-refractivity contribution in [3.8, 4) is 17.0 Å². The zero-order valence-electron chi connectivity index (χ0n) is 16.6. The Morgan fingerprint density at radius 3 is 2.60 bits per heavy atom. The number of nitrogens with zero attached hydrogens (tertiary/aromatic N) is 3. The fourth-order valence-electron chi connectivity index (χ4n) is 3.43. The molecule has 30 heavy (non-hydrogen) atoms.